The number of alkyl halides is 2. The quantitative estimate of drug-likeness (QED) is 0.662. The van der Waals surface area contributed by atoms with Gasteiger partial charge in [-0.3, -0.25) is 9.59 Å². The van der Waals surface area contributed by atoms with Gasteiger partial charge in [0.1, 0.15) is 6.61 Å². The molecule has 2 amide bonds. The first-order chi connectivity index (χ1) is 7.59. The lowest BCUT2D eigenvalue weighted by atomic mass is 10.3. The molecule has 1 aliphatic rings. The number of hydrogen-bond donors (Lipinski definition) is 1. The predicted molar refractivity (Wildman–Crippen MR) is 51.0 cm³/mol. The third-order valence-corrected chi connectivity index (χ3v) is 2.10. The fourth-order valence-corrected chi connectivity index (χ4v) is 1.34. The Morgan fingerprint density at radius 1 is 1.56 bits per heavy atom. The number of nitrogens with one attached hydrogen (secondary N) is 1. The first kappa shape index (κ1) is 12.8. The third kappa shape index (κ3) is 4.52. The van der Waals surface area contributed by atoms with E-state index in [1.54, 1.807) is 0 Å². The lowest BCUT2D eigenvalue weighted by Crippen LogP contribution is -2.50. The Labute approximate surface area is 91.7 Å². The van der Waals surface area contributed by atoms with Crippen molar-refractivity contribution in [2.24, 2.45) is 0 Å². The molecule has 92 valence electrons. The van der Waals surface area contributed by atoms with Crippen LogP contribution in [0.15, 0.2) is 0 Å². The molecular weight excluding hydrogens is 222 g/mol. The minimum Gasteiger partial charge on any atom is -0.375 e. The molecule has 0 bridgehead atoms. The van der Waals surface area contributed by atoms with Crippen molar-refractivity contribution in [3.8, 4) is 0 Å². The highest BCUT2D eigenvalue weighted by Crippen LogP contribution is 1.99. The van der Waals surface area contributed by atoms with Crippen LogP contribution in [0, 0.1) is 0 Å². The van der Waals surface area contributed by atoms with E-state index in [1.165, 1.54) is 4.90 Å². The van der Waals surface area contributed by atoms with E-state index in [0.29, 0.717) is 13.1 Å². The molecular formula is C9H14F2N2O3. The summed E-state index contributed by atoms with van der Waals surface area (Å²) in [6.45, 7) is 0.227. The van der Waals surface area contributed by atoms with Crippen molar-refractivity contribution in [3.63, 3.8) is 0 Å². The van der Waals surface area contributed by atoms with E-state index >= 15 is 0 Å². The summed E-state index contributed by atoms with van der Waals surface area (Å²) in [4.78, 5) is 23.8. The molecule has 0 radical (unpaired) electrons. The highest BCUT2D eigenvalue weighted by atomic mass is 19.3. The Morgan fingerprint density at radius 3 is 2.94 bits per heavy atom. The molecule has 16 heavy (non-hydrogen) atoms. The van der Waals surface area contributed by atoms with Crippen LogP contribution in [0.3, 0.4) is 0 Å². The Hall–Kier alpha value is -1.24. The first-order valence-corrected chi connectivity index (χ1v) is 5.00. The molecule has 0 aromatic rings. The van der Waals surface area contributed by atoms with Gasteiger partial charge in [-0.1, -0.05) is 0 Å². The Bertz CT molecular complexity index is 261. The molecule has 0 aromatic carbocycles. The summed E-state index contributed by atoms with van der Waals surface area (Å²) in [6.07, 6.45) is -2.49. The number of ether oxygens (including phenoxy) is 1. The SMILES string of the molecule is O=C1CN(C(=O)CCOCC(F)F)CCN1. The summed E-state index contributed by atoms with van der Waals surface area (Å²) < 4.78 is 28.0. The molecule has 0 unspecified atom stereocenters. The summed E-state index contributed by atoms with van der Waals surface area (Å²) >= 11 is 0. The maximum Gasteiger partial charge on any atom is 0.261 e. The summed E-state index contributed by atoms with van der Waals surface area (Å²) in [5.41, 5.74) is 0. The van der Waals surface area contributed by atoms with Crippen LogP contribution < -0.4 is 5.32 Å². The van der Waals surface area contributed by atoms with E-state index in [9.17, 15) is 18.4 Å². The Morgan fingerprint density at radius 2 is 2.31 bits per heavy atom. The maximum absolute atomic E-state index is 11.7. The standard InChI is InChI=1S/C9H14F2N2O3/c10-7(11)6-16-4-1-9(15)13-3-2-12-8(14)5-13/h7H,1-6H2,(H,12,14). The maximum atomic E-state index is 11.7. The first-order valence-electron chi connectivity index (χ1n) is 5.00. The van der Waals surface area contributed by atoms with Crippen molar-refractivity contribution >= 4 is 11.8 Å². The number of nitrogens with zero attached hydrogens (tertiary/aromatic N) is 1. The highest BCUT2D eigenvalue weighted by molar-refractivity contribution is 5.85. The number of hydrogen-bond acceptors (Lipinski definition) is 3. The van der Waals surface area contributed by atoms with Crippen LogP contribution in [0.5, 0.6) is 0 Å². The smallest absolute Gasteiger partial charge is 0.261 e. The predicted octanol–water partition coefficient (Wildman–Crippen LogP) is -0.383. The van der Waals surface area contributed by atoms with Crippen molar-refractivity contribution in [1.29, 1.82) is 0 Å². The van der Waals surface area contributed by atoms with Crippen LogP contribution >= 0.6 is 0 Å². The van der Waals surface area contributed by atoms with Gasteiger partial charge in [0.2, 0.25) is 11.8 Å². The second-order valence-corrected chi connectivity index (χ2v) is 3.38. The van der Waals surface area contributed by atoms with Crippen LogP contribution in [0.2, 0.25) is 0 Å². The van der Waals surface area contributed by atoms with Gasteiger partial charge in [-0.05, 0) is 0 Å². The normalized spacial score (nSPS) is 16.4. The van der Waals surface area contributed by atoms with Gasteiger partial charge in [0.25, 0.3) is 6.43 Å². The Kier molecular flexibility index (Phi) is 5.10. The molecule has 1 heterocycles. The molecule has 1 N–H and O–H groups in total. The van der Waals surface area contributed by atoms with Gasteiger partial charge < -0.3 is 15.0 Å². The number of rotatable bonds is 5. The van der Waals surface area contributed by atoms with E-state index in [0.717, 1.165) is 0 Å². The average molecular weight is 236 g/mol. The van der Waals surface area contributed by atoms with E-state index in [1.807, 2.05) is 0 Å². The number of halogens is 2. The number of carbonyl (C=O) groups is 2. The highest BCUT2D eigenvalue weighted by Gasteiger charge is 2.20. The van der Waals surface area contributed by atoms with Crippen molar-refractivity contribution in [1.82, 2.24) is 10.2 Å². The lowest BCUT2D eigenvalue weighted by Gasteiger charge is -2.26. The van der Waals surface area contributed by atoms with Crippen molar-refractivity contribution < 1.29 is 23.1 Å². The summed E-state index contributed by atoms with van der Waals surface area (Å²) in [7, 11) is 0. The van der Waals surface area contributed by atoms with Gasteiger partial charge in [0.05, 0.1) is 19.6 Å². The number of piperazine rings is 1. The molecule has 0 aliphatic carbocycles. The number of amides is 2. The van der Waals surface area contributed by atoms with Crippen molar-refractivity contribution in [2.45, 2.75) is 12.8 Å². The second kappa shape index (κ2) is 6.37. The molecule has 7 heteroatoms. The molecule has 1 saturated heterocycles. The minimum absolute atomic E-state index is 0.0278. The van der Waals surface area contributed by atoms with Gasteiger partial charge >= 0.3 is 0 Å². The van der Waals surface area contributed by atoms with Crippen LogP contribution in [0.4, 0.5) is 8.78 Å². The van der Waals surface area contributed by atoms with Crippen LogP contribution in [-0.4, -0.2) is 56.0 Å². The molecule has 0 atom stereocenters. The Balaban J connectivity index is 2.16. The molecule has 5 nitrogen and oxygen atoms in total. The average Bonchev–Trinajstić information content (AvgIpc) is 2.24. The topological polar surface area (TPSA) is 58.6 Å². The number of carbonyl (C=O) groups excluding carboxylic acids is 2. The van der Waals surface area contributed by atoms with Crippen molar-refractivity contribution in [2.75, 3.05) is 32.8 Å². The zero-order valence-corrected chi connectivity index (χ0v) is 8.75. The zero-order chi connectivity index (χ0) is 12.0. The summed E-state index contributed by atoms with van der Waals surface area (Å²) in [6, 6.07) is 0. The van der Waals surface area contributed by atoms with Crippen LogP contribution in [0.1, 0.15) is 6.42 Å². The van der Waals surface area contributed by atoms with E-state index in [2.05, 4.69) is 10.1 Å². The van der Waals surface area contributed by atoms with Crippen LogP contribution in [0.25, 0.3) is 0 Å². The van der Waals surface area contributed by atoms with E-state index in [4.69, 9.17) is 0 Å². The molecule has 0 aromatic heterocycles. The zero-order valence-electron chi connectivity index (χ0n) is 8.75. The van der Waals surface area contributed by atoms with E-state index < -0.39 is 13.0 Å². The molecule has 1 fully saturated rings. The molecule has 1 rings (SSSR count). The molecule has 1 aliphatic heterocycles. The van der Waals surface area contributed by atoms with Gasteiger partial charge in [0.15, 0.2) is 0 Å². The van der Waals surface area contributed by atoms with Gasteiger partial charge in [-0.25, -0.2) is 8.78 Å². The van der Waals surface area contributed by atoms with Crippen molar-refractivity contribution in [3.05, 3.63) is 0 Å². The summed E-state index contributed by atoms with van der Waals surface area (Å²) in [5.74, 6) is -0.447. The van der Waals surface area contributed by atoms with Gasteiger partial charge in [-0.15, -0.1) is 0 Å². The molecule has 0 saturated carbocycles. The fraction of sp³-hybridized carbons (Fsp3) is 0.778. The minimum atomic E-state index is -2.52. The van der Waals surface area contributed by atoms with Gasteiger partial charge in [-0.2, -0.15) is 0 Å². The van der Waals surface area contributed by atoms with Gasteiger partial charge in [0, 0.05) is 13.1 Å². The monoisotopic (exact) mass is 236 g/mol. The van der Waals surface area contributed by atoms with E-state index in [-0.39, 0.29) is 31.4 Å². The second-order valence-electron chi connectivity index (χ2n) is 3.38. The summed E-state index contributed by atoms with van der Waals surface area (Å²) in [5, 5.41) is 2.59. The third-order valence-electron chi connectivity index (χ3n) is 2.10. The molecule has 0 spiro atoms. The lowest BCUT2D eigenvalue weighted by molar-refractivity contribution is -0.139. The van der Waals surface area contributed by atoms with Crippen LogP contribution in [-0.2, 0) is 14.3 Å². The fourth-order valence-electron chi connectivity index (χ4n) is 1.34. The largest absolute Gasteiger partial charge is 0.375 e.